The average Bonchev–Trinajstić information content (AvgIpc) is 2.84. The largest absolute Gasteiger partial charge is 0.512 e. The Balaban J connectivity index is 0.000000502. The number of aliphatic hydroxyl groups is 2. The van der Waals surface area contributed by atoms with Crippen molar-refractivity contribution >= 4 is 20.0 Å². The number of aliphatic hydroxyl groups excluding tert-OH is 2. The van der Waals surface area contributed by atoms with Gasteiger partial charge in [-0.3, -0.25) is 0 Å². The third kappa shape index (κ3) is 7.44. The van der Waals surface area contributed by atoms with E-state index in [4.69, 9.17) is 10.2 Å². The molecular weight excluding hydrogens is 424 g/mol. The van der Waals surface area contributed by atoms with Gasteiger partial charge >= 0.3 is 31.1 Å². The molecule has 0 unspecified atom stereocenters. The monoisotopic (exact) mass is 438 g/mol. The summed E-state index contributed by atoms with van der Waals surface area (Å²) in [6, 6.07) is 0. The number of nitrogens with zero attached hydrogens (tertiary/aromatic N) is 2. The van der Waals surface area contributed by atoms with Crippen molar-refractivity contribution < 1.29 is 58.0 Å². The van der Waals surface area contributed by atoms with Gasteiger partial charge in [-0.25, -0.2) is 26.0 Å². The Labute approximate surface area is 143 Å². The van der Waals surface area contributed by atoms with Crippen molar-refractivity contribution in [2.45, 2.75) is 24.1 Å². The van der Waals surface area contributed by atoms with Gasteiger partial charge in [0.15, 0.2) is 0 Å². The van der Waals surface area contributed by atoms with Gasteiger partial charge in [0.1, 0.15) is 25.5 Å². The Hall–Kier alpha value is -1.43. The number of imidazole rings is 1. The van der Waals surface area contributed by atoms with Gasteiger partial charge in [0, 0.05) is 0 Å². The molecule has 0 saturated heterocycles. The number of hydrogen-bond acceptors (Lipinski definition) is 6. The van der Waals surface area contributed by atoms with E-state index < -0.39 is 35.2 Å². The first kappa shape index (κ1) is 24.6. The Morgan fingerprint density at radius 3 is 1.73 bits per heavy atom. The highest BCUT2D eigenvalue weighted by Crippen LogP contribution is 2.27. The molecule has 0 fully saturated rings. The molecule has 1 rings (SSSR count). The van der Waals surface area contributed by atoms with E-state index >= 15 is 0 Å². The number of nitrogens with one attached hydrogen (secondary N) is 1. The van der Waals surface area contributed by atoms with E-state index in [0.29, 0.717) is 13.1 Å². The maximum atomic E-state index is 11.5. The molecule has 0 atom stereocenters. The minimum absolute atomic E-state index is 0.147. The van der Waals surface area contributed by atoms with Crippen molar-refractivity contribution in [1.29, 1.82) is 0 Å². The number of aromatic nitrogens is 2. The molecule has 26 heavy (non-hydrogen) atoms. The first-order valence-corrected chi connectivity index (χ1v) is 9.21. The van der Waals surface area contributed by atoms with Crippen LogP contribution in [-0.4, -0.2) is 55.8 Å². The van der Waals surface area contributed by atoms with E-state index in [2.05, 4.69) is 0 Å². The van der Waals surface area contributed by atoms with Crippen LogP contribution in [0.2, 0.25) is 0 Å². The highest BCUT2D eigenvalue weighted by atomic mass is 32.3. The zero-order valence-corrected chi connectivity index (χ0v) is 14.2. The third-order valence-electron chi connectivity index (χ3n) is 2.29. The van der Waals surface area contributed by atoms with Gasteiger partial charge in [0.2, 0.25) is 6.33 Å². The molecule has 0 aliphatic heterocycles. The van der Waals surface area contributed by atoms with Crippen molar-refractivity contribution in [3.8, 4) is 0 Å². The molecule has 3 N–H and O–H groups in total. The lowest BCUT2D eigenvalue weighted by Gasteiger charge is -2.11. The summed E-state index contributed by atoms with van der Waals surface area (Å²) in [5.41, 5.74) is -12.3. The quantitative estimate of drug-likeness (QED) is 0.387. The standard InChI is InChI=1S/C7H13N2O2.C2HF6NO4S2/c10-5-3-8-1-2-9(7-8)4-6-11;3-1(4,5)14(10,11)9-15(12,13)2(6,7)8/h1-2,7,10-11H,3-6H2;9H/q+1;. The van der Waals surface area contributed by atoms with Crippen LogP contribution < -0.4 is 8.69 Å². The molecule has 17 heteroatoms. The van der Waals surface area contributed by atoms with E-state index in [9.17, 15) is 43.2 Å². The fraction of sp³-hybridized carbons (Fsp3) is 0.667. The lowest BCUT2D eigenvalue weighted by Crippen LogP contribution is -2.45. The van der Waals surface area contributed by atoms with Crippen LogP contribution >= 0.6 is 0 Å². The second kappa shape index (κ2) is 8.98. The molecule has 0 amide bonds. The lowest BCUT2D eigenvalue weighted by atomic mass is 10.7. The molecule has 0 bridgehead atoms. The summed E-state index contributed by atoms with van der Waals surface area (Å²) in [5, 5.41) is 17.2. The van der Waals surface area contributed by atoms with Gasteiger partial charge < -0.3 is 10.2 Å². The van der Waals surface area contributed by atoms with Crippen molar-refractivity contribution in [2.24, 2.45) is 0 Å². The summed E-state index contributed by atoms with van der Waals surface area (Å²) in [6.07, 6.45) is 5.59. The SMILES string of the molecule is O=S(=O)(NS(=O)(=O)C(F)(F)F)C(F)(F)F.OCCn1cc[n+](CCO)c1. The van der Waals surface area contributed by atoms with E-state index in [0.717, 1.165) is 0 Å². The Morgan fingerprint density at radius 1 is 0.923 bits per heavy atom. The Kier molecular flexibility index (Phi) is 8.48. The predicted octanol–water partition coefficient (Wildman–Crippen LogP) is -0.965. The fourth-order valence-corrected chi connectivity index (χ4v) is 3.08. The van der Waals surface area contributed by atoms with Crippen molar-refractivity contribution in [3.63, 3.8) is 0 Å². The molecule has 154 valence electrons. The summed E-state index contributed by atoms with van der Waals surface area (Å²) < 4.78 is 112. The van der Waals surface area contributed by atoms with Crippen molar-refractivity contribution in [2.75, 3.05) is 13.2 Å². The van der Waals surface area contributed by atoms with Crippen LogP contribution in [0.15, 0.2) is 18.7 Å². The van der Waals surface area contributed by atoms with Crippen LogP contribution in [0.3, 0.4) is 0 Å². The fourth-order valence-electron chi connectivity index (χ4n) is 1.17. The first-order valence-electron chi connectivity index (χ1n) is 6.25. The molecule has 0 aliphatic carbocycles. The van der Waals surface area contributed by atoms with Crippen molar-refractivity contribution in [1.82, 2.24) is 8.69 Å². The van der Waals surface area contributed by atoms with Gasteiger partial charge in [0.05, 0.1) is 13.2 Å². The zero-order chi connectivity index (χ0) is 20.8. The number of halogens is 6. The predicted molar refractivity (Wildman–Crippen MR) is 71.9 cm³/mol. The Bertz CT molecular complexity index is 708. The average molecular weight is 438 g/mol. The number of hydrogen-bond donors (Lipinski definition) is 3. The summed E-state index contributed by atoms with van der Waals surface area (Å²) in [5.74, 6) is 0. The van der Waals surface area contributed by atoms with E-state index in [1.165, 1.54) is 0 Å². The van der Waals surface area contributed by atoms with Crippen LogP contribution in [0.4, 0.5) is 26.3 Å². The van der Waals surface area contributed by atoms with Crippen LogP contribution in [0.5, 0.6) is 0 Å². The van der Waals surface area contributed by atoms with Crippen molar-refractivity contribution in [3.05, 3.63) is 18.7 Å². The van der Waals surface area contributed by atoms with Crippen LogP contribution in [-0.2, 0) is 33.1 Å². The number of sulfonamides is 2. The summed E-state index contributed by atoms with van der Waals surface area (Å²) in [4.78, 5) is 0. The summed E-state index contributed by atoms with van der Waals surface area (Å²) >= 11 is 0. The maximum Gasteiger partial charge on any atom is 0.512 e. The molecule has 0 aliphatic rings. The molecule has 9 nitrogen and oxygen atoms in total. The van der Waals surface area contributed by atoms with Crippen LogP contribution in [0.25, 0.3) is 0 Å². The molecule has 0 radical (unpaired) electrons. The maximum absolute atomic E-state index is 11.5. The normalized spacial score (nSPS) is 13.2. The smallest absolute Gasteiger partial charge is 0.392 e. The molecule has 0 saturated carbocycles. The van der Waals surface area contributed by atoms with Gasteiger partial charge in [0.25, 0.3) is 0 Å². The molecular formula is C9H14F6N3O6S2+. The highest BCUT2D eigenvalue weighted by Gasteiger charge is 2.55. The molecule has 0 aromatic carbocycles. The second-order valence-electron chi connectivity index (χ2n) is 4.32. The lowest BCUT2D eigenvalue weighted by molar-refractivity contribution is -0.697. The van der Waals surface area contributed by atoms with Gasteiger partial charge in [-0.15, -0.1) is 0 Å². The van der Waals surface area contributed by atoms with Crippen LogP contribution in [0.1, 0.15) is 0 Å². The summed E-state index contributed by atoms with van der Waals surface area (Å²) in [6.45, 7) is 1.51. The van der Waals surface area contributed by atoms with Gasteiger partial charge in [-0.05, 0) is 0 Å². The second-order valence-corrected chi connectivity index (χ2v) is 7.92. The van der Waals surface area contributed by atoms with Crippen LogP contribution in [0, 0.1) is 0 Å². The number of alkyl halides is 6. The molecule has 1 heterocycles. The third-order valence-corrected chi connectivity index (χ3v) is 5.27. The summed E-state index contributed by atoms with van der Waals surface area (Å²) in [7, 11) is -13.2. The highest BCUT2D eigenvalue weighted by molar-refractivity contribution is 8.05. The topological polar surface area (TPSA) is 130 Å². The van der Waals surface area contributed by atoms with Gasteiger partial charge in [-0.2, -0.15) is 26.3 Å². The van der Waals surface area contributed by atoms with E-state index in [1.54, 1.807) is 0 Å². The van der Waals surface area contributed by atoms with E-state index in [-0.39, 0.29) is 13.2 Å². The zero-order valence-electron chi connectivity index (χ0n) is 12.6. The first-order chi connectivity index (χ1) is 11.6. The van der Waals surface area contributed by atoms with E-state index in [1.807, 2.05) is 27.9 Å². The minimum Gasteiger partial charge on any atom is -0.392 e. The number of rotatable bonds is 6. The molecule has 1 aromatic heterocycles. The molecule has 0 spiro atoms. The molecule has 1 aromatic rings. The Morgan fingerprint density at radius 2 is 1.38 bits per heavy atom. The minimum atomic E-state index is -6.60. The van der Waals surface area contributed by atoms with Gasteiger partial charge in [-0.1, -0.05) is 4.13 Å².